The van der Waals surface area contributed by atoms with Crippen molar-refractivity contribution in [3.63, 3.8) is 0 Å². The van der Waals surface area contributed by atoms with Gasteiger partial charge in [-0.2, -0.15) is 0 Å². The van der Waals surface area contributed by atoms with E-state index in [1.807, 2.05) is 26.0 Å². The number of Topliss-reactive ketones (excluding diaryl/α,β-unsaturated/α-hetero) is 1. The molecule has 2 saturated heterocycles. The summed E-state index contributed by atoms with van der Waals surface area (Å²) in [6.45, 7) is 6.83. The summed E-state index contributed by atoms with van der Waals surface area (Å²) >= 11 is 0. The molecule has 2 aliphatic rings. The highest BCUT2D eigenvalue weighted by atomic mass is 16.2. The van der Waals surface area contributed by atoms with E-state index in [-0.39, 0.29) is 54.7 Å². The molecule has 0 bridgehead atoms. The number of carbonyl (C=O) groups is 5. The second-order valence-corrected chi connectivity index (χ2v) is 16.4. The molecule has 9 heteroatoms. The molecule has 2 heterocycles. The van der Waals surface area contributed by atoms with Crippen molar-refractivity contribution in [1.82, 2.24) is 15.5 Å². The van der Waals surface area contributed by atoms with Crippen LogP contribution in [-0.2, 0) is 30.4 Å². The molecule has 0 radical (unpaired) electrons. The van der Waals surface area contributed by atoms with E-state index < -0.39 is 23.9 Å². The van der Waals surface area contributed by atoms with Gasteiger partial charge in [-0.15, -0.1) is 0 Å². The predicted molar refractivity (Wildman–Crippen MR) is 218 cm³/mol. The normalized spacial score (nSPS) is 19.7. The van der Waals surface area contributed by atoms with Gasteiger partial charge in [0.15, 0.2) is 5.78 Å². The van der Waals surface area contributed by atoms with E-state index >= 15 is 0 Å². The third-order valence-corrected chi connectivity index (χ3v) is 11.9. The van der Waals surface area contributed by atoms with Crippen molar-refractivity contribution in [2.45, 2.75) is 199 Å². The standard InChI is InChI=1S/C45H74N4O5/c1-4-6-7-8-9-10-11-12-13-14-15-16-17-20-31-47-43(52)37(27-30-42(46)51)33-41(50)40-29-28-38-21-18-19-22-39(45(54)49(38)40)48-44(53)36(5-2)32-35-25-23-34(3)24-26-35/h23-26,36-40H,4-22,27-33H2,1-3H3,(H2,46,51)(H,47,52)(H,48,53)/t36-,37+,38-,39?,40-/m0/s1. The highest BCUT2D eigenvalue weighted by molar-refractivity contribution is 5.95. The summed E-state index contributed by atoms with van der Waals surface area (Å²) in [7, 11) is 0. The number of nitrogens with two attached hydrogens (primary N) is 1. The molecule has 54 heavy (non-hydrogen) atoms. The summed E-state index contributed by atoms with van der Waals surface area (Å²) in [5.74, 6) is -2.13. The molecule has 5 atom stereocenters. The molecule has 3 rings (SSSR count). The van der Waals surface area contributed by atoms with Gasteiger partial charge in [-0.05, 0) is 63.9 Å². The lowest BCUT2D eigenvalue weighted by Crippen LogP contribution is -2.55. The van der Waals surface area contributed by atoms with Crippen LogP contribution in [0.1, 0.15) is 179 Å². The molecule has 1 aromatic rings. The van der Waals surface area contributed by atoms with Crippen molar-refractivity contribution in [3.8, 4) is 0 Å². The maximum Gasteiger partial charge on any atom is 0.246 e. The van der Waals surface area contributed by atoms with Gasteiger partial charge < -0.3 is 21.3 Å². The summed E-state index contributed by atoms with van der Waals surface area (Å²) in [6, 6.07) is 6.82. The zero-order valence-electron chi connectivity index (χ0n) is 34.1. The number of fused-ring (bicyclic) bond motifs is 1. The van der Waals surface area contributed by atoms with Crippen LogP contribution >= 0.6 is 0 Å². The Balaban J connectivity index is 1.48. The molecule has 4 N–H and O–H groups in total. The maximum atomic E-state index is 14.2. The smallest absolute Gasteiger partial charge is 0.246 e. The SMILES string of the molecule is CCCCCCCCCCCCCCCCNC(=O)[C@H](CCC(N)=O)CC(=O)[C@@H]1CC[C@@H]2CCCCC(NC(=O)[C@@H](CC)Cc3ccc(C)cc3)C(=O)N21. The Morgan fingerprint density at radius 3 is 1.94 bits per heavy atom. The first kappa shape index (κ1) is 45.2. The number of unbranched alkanes of at least 4 members (excludes halogenated alkanes) is 13. The number of rotatable bonds is 27. The minimum Gasteiger partial charge on any atom is -0.370 e. The number of primary amides is 1. The topological polar surface area (TPSA) is 139 Å². The summed E-state index contributed by atoms with van der Waals surface area (Å²) in [6.07, 6.45) is 23.5. The summed E-state index contributed by atoms with van der Waals surface area (Å²) in [5, 5.41) is 6.11. The number of ketones is 1. The first-order valence-electron chi connectivity index (χ1n) is 21.9. The number of benzene rings is 1. The van der Waals surface area contributed by atoms with Gasteiger partial charge in [0.05, 0.1) is 6.04 Å². The molecular formula is C45H74N4O5. The van der Waals surface area contributed by atoms with Gasteiger partial charge in [0.2, 0.25) is 23.6 Å². The monoisotopic (exact) mass is 751 g/mol. The van der Waals surface area contributed by atoms with E-state index in [1.165, 1.54) is 76.2 Å². The fourth-order valence-electron chi connectivity index (χ4n) is 8.40. The number of hydrogen-bond acceptors (Lipinski definition) is 5. The fraction of sp³-hybridized carbons (Fsp3) is 0.756. The van der Waals surface area contributed by atoms with E-state index in [0.717, 1.165) is 50.5 Å². The summed E-state index contributed by atoms with van der Waals surface area (Å²) < 4.78 is 0. The van der Waals surface area contributed by atoms with Crippen LogP contribution in [0.25, 0.3) is 0 Å². The summed E-state index contributed by atoms with van der Waals surface area (Å²) in [5.41, 5.74) is 7.72. The van der Waals surface area contributed by atoms with E-state index in [9.17, 15) is 24.0 Å². The Morgan fingerprint density at radius 1 is 0.759 bits per heavy atom. The molecule has 0 saturated carbocycles. The molecule has 0 aromatic heterocycles. The second-order valence-electron chi connectivity index (χ2n) is 16.4. The third kappa shape index (κ3) is 16.2. The molecule has 9 nitrogen and oxygen atoms in total. The van der Waals surface area contributed by atoms with E-state index in [4.69, 9.17) is 5.73 Å². The molecule has 1 unspecified atom stereocenters. The molecular weight excluding hydrogens is 677 g/mol. The van der Waals surface area contributed by atoms with Crippen LogP contribution in [0, 0.1) is 18.8 Å². The van der Waals surface area contributed by atoms with Crippen LogP contribution in [0.15, 0.2) is 24.3 Å². The van der Waals surface area contributed by atoms with E-state index in [0.29, 0.717) is 32.2 Å². The van der Waals surface area contributed by atoms with Crippen molar-refractivity contribution in [3.05, 3.63) is 35.4 Å². The number of aryl methyl sites for hydroxylation is 1. The average molecular weight is 751 g/mol. The van der Waals surface area contributed by atoms with Gasteiger partial charge in [-0.25, -0.2) is 0 Å². The quantitative estimate of drug-likeness (QED) is 0.0776. The number of carbonyl (C=O) groups excluding carboxylic acids is 5. The fourth-order valence-corrected chi connectivity index (χ4v) is 8.40. The highest BCUT2D eigenvalue weighted by Gasteiger charge is 2.44. The number of amides is 4. The minimum atomic E-state index is -0.681. The molecule has 0 spiro atoms. The van der Waals surface area contributed by atoms with Crippen molar-refractivity contribution >= 4 is 29.4 Å². The minimum absolute atomic E-state index is 0.0233. The number of hydrogen-bond donors (Lipinski definition) is 3. The van der Waals surface area contributed by atoms with Crippen LogP contribution in [0.3, 0.4) is 0 Å². The first-order valence-corrected chi connectivity index (χ1v) is 21.9. The van der Waals surface area contributed by atoms with E-state index in [2.05, 4.69) is 29.7 Å². The maximum absolute atomic E-state index is 14.2. The lowest BCUT2D eigenvalue weighted by atomic mass is 9.92. The van der Waals surface area contributed by atoms with Crippen LogP contribution in [-0.4, -0.2) is 59.0 Å². The van der Waals surface area contributed by atoms with Gasteiger partial charge in [-0.1, -0.05) is 140 Å². The van der Waals surface area contributed by atoms with Gasteiger partial charge in [-0.3, -0.25) is 24.0 Å². The molecule has 2 fully saturated rings. The van der Waals surface area contributed by atoms with Crippen LogP contribution < -0.4 is 16.4 Å². The van der Waals surface area contributed by atoms with Crippen molar-refractivity contribution in [1.29, 1.82) is 0 Å². The molecule has 304 valence electrons. The Hall–Kier alpha value is -3.23. The number of nitrogens with zero attached hydrogens (tertiary/aromatic N) is 1. The zero-order valence-corrected chi connectivity index (χ0v) is 34.1. The van der Waals surface area contributed by atoms with Gasteiger partial charge >= 0.3 is 0 Å². The molecule has 2 aliphatic heterocycles. The van der Waals surface area contributed by atoms with Crippen LogP contribution in [0.4, 0.5) is 0 Å². The lowest BCUT2D eigenvalue weighted by molar-refractivity contribution is -0.144. The molecule has 0 aliphatic carbocycles. The Morgan fingerprint density at radius 2 is 1.35 bits per heavy atom. The van der Waals surface area contributed by atoms with Crippen molar-refractivity contribution in [2.75, 3.05) is 6.54 Å². The van der Waals surface area contributed by atoms with Crippen LogP contribution in [0.5, 0.6) is 0 Å². The van der Waals surface area contributed by atoms with Gasteiger partial charge in [0.1, 0.15) is 6.04 Å². The van der Waals surface area contributed by atoms with Crippen molar-refractivity contribution in [2.24, 2.45) is 17.6 Å². The highest BCUT2D eigenvalue weighted by Crippen LogP contribution is 2.33. The third-order valence-electron chi connectivity index (χ3n) is 11.9. The number of nitrogens with one attached hydrogen (secondary N) is 2. The zero-order chi connectivity index (χ0) is 39.1. The van der Waals surface area contributed by atoms with Gasteiger partial charge in [0.25, 0.3) is 0 Å². The predicted octanol–water partition coefficient (Wildman–Crippen LogP) is 8.42. The van der Waals surface area contributed by atoms with Crippen molar-refractivity contribution < 1.29 is 24.0 Å². The molecule has 4 amide bonds. The Kier molecular flexibility index (Phi) is 21.6. The lowest BCUT2D eigenvalue weighted by Gasteiger charge is -2.36. The average Bonchev–Trinajstić information content (AvgIpc) is 3.58. The summed E-state index contributed by atoms with van der Waals surface area (Å²) in [4.78, 5) is 68.4. The Bertz CT molecular complexity index is 1280. The van der Waals surface area contributed by atoms with Gasteiger partial charge in [0, 0.05) is 37.3 Å². The molecule has 1 aromatic carbocycles. The van der Waals surface area contributed by atoms with Crippen LogP contribution in [0.2, 0.25) is 0 Å². The van der Waals surface area contributed by atoms with E-state index in [1.54, 1.807) is 4.90 Å². The Labute approximate surface area is 327 Å². The largest absolute Gasteiger partial charge is 0.370 e. The first-order chi connectivity index (χ1) is 26.1. The second kappa shape index (κ2) is 25.8.